The molecule has 0 atom stereocenters. The van der Waals surface area contributed by atoms with Crippen molar-refractivity contribution in [2.45, 2.75) is 36.7 Å². The lowest BCUT2D eigenvalue weighted by molar-refractivity contribution is 0.886. The van der Waals surface area contributed by atoms with E-state index in [2.05, 4.69) is 29.3 Å². The smallest absolute Gasteiger partial charge is 0.0281 e. The third-order valence-electron chi connectivity index (χ3n) is 2.34. The molecule has 0 nitrogen and oxygen atoms in total. The van der Waals surface area contributed by atoms with Gasteiger partial charge in [-0.25, -0.2) is 0 Å². The second-order valence-corrected chi connectivity index (χ2v) is 5.62. The molecule has 0 N–H and O–H groups in total. The van der Waals surface area contributed by atoms with Crippen LogP contribution in [-0.4, -0.2) is 5.25 Å². The predicted octanol–water partition coefficient (Wildman–Crippen LogP) is 3.92. The van der Waals surface area contributed by atoms with Gasteiger partial charge < -0.3 is 0 Å². The Morgan fingerprint density at radius 3 is 2.92 bits per heavy atom. The second-order valence-electron chi connectivity index (χ2n) is 3.30. The van der Waals surface area contributed by atoms with Crippen LogP contribution in [-0.2, 0) is 5.75 Å². The van der Waals surface area contributed by atoms with Gasteiger partial charge in [0.05, 0.1) is 0 Å². The summed E-state index contributed by atoms with van der Waals surface area (Å²) in [6.45, 7) is 0. The number of hydrogen-bond donors (Lipinski definition) is 0. The molecule has 0 unspecified atom stereocenters. The Labute approximate surface area is 82.4 Å². The minimum Gasteiger partial charge on any atom is -0.153 e. The molecule has 1 fully saturated rings. The van der Waals surface area contributed by atoms with E-state index in [-0.39, 0.29) is 0 Å². The zero-order valence-corrected chi connectivity index (χ0v) is 8.79. The van der Waals surface area contributed by atoms with Gasteiger partial charge in [0.2, 0.25) is 0 Å². The third-order valence-corrected chi connectivity index (χ3v) is 4.82. The van der Waals surface area contributed by atoms with E-state index in [9.17, 15) is 0 Å². The zero-order chi connectivity index (χ0) is 8.23. The Kier molecular flexibility index (Phi) is 3.12. The number of hydrogen-bond acceptors (Lipinski definition) is 2. The molecule has 66 valence electrons. The molecule has 1 saturated carbocycles. The standard InChI is InChI=1S/C10H14S2/c1-2-5-9(4-1)12-8-10-6-3-7-11-10/h3,6-7,9H,1-2,4-5,8H2. The highest BCUT2D eigenvalue weighted by Crippen LogP contribution is 2.32. The summed E-state index contributed by atoms with van der Waals surface area (Å²) in [7, 11) is 0. The van der Waals surface area contributed by atoms with Crippen LogP contribution in [0.5, 0.6) is 0 Å². The summed E-state index contributed by atoms with van der Waals surface area (Å²) in [5.74, 6) is 1.24. The van der Waals surface area contributed by atoms with E-state index in [1.807, 2.05) is 11.3 Å². The van der Waals surface area contributed by atoms with Gasteiger partial charge >= 0.3 is 0 Å². The average Bonchev–Trinajstić information content (AvgIpc) is 2.74. The predicted molar refractivity (Wildman–Crippen MR) is 57.9 cm³/mol. The van der Waals surface area contributed by atoms with Gasteiger partial charge in [-0.15, -0.1) is 11.3 Å². The highest BCUT2D eigenvalue weighted by molar-refractivity contribution is 7.99. The Morgan fingerprint density at radius 1 is 1.42 bits per heavy atom. The molecule has 1 heterocycles. The van der Waals surface area contributed by atoms with E-state index in [0.717, 1.165) is 5.25 Å². The van der Waals surface area contributed by atoms with Crippen LogP contribution in [0.1, 0.15) is 30.6 Å². The second kappa shape index (κ2) is 4.33. The molecule has 1 aliphatic carbocycles. The van der Waals surface area contributed by atoms with Crippen LogP contribution >= 0.6 is 23.1 Å². The molecule has 0 radical (unpaired) electrons. The highest BCUT2D eigenvalue weighted by atomic mass is 32.2. The SMILES string of the molecule is c1csc(CSC2CCCC2)c1. The van der Waals surface area contributed by atoms with E-state index in [0.29, 0.717) is 0 Å². The van der Waals surface area contributed by atoms with Crippen LogP contribution in [0.2, 0.25) is 0 Å². The van der Waals surface area contributed by atoms with Gasteiger partial charge in [-0.3, -0.25) is 0 Å². The van der Waals surface area contributed by atoms with Crippen molar-refractivity contribution < 1.29 is 0 Å². The topological polar surface area (TPSA) is 0 Å². The molecule has 0 aromatic carbocycles. The van der Waals surface area contributed by atoms with Gasteiger partial charge in [0.1, 0.15) is 0 Å². The summed E-state index contributed by atoms with van der Waals surface area (Å²) < 4.78 is 0. The summed E-state index contributed by atoms with van der Waals surface area (Å²) in [5, 5.41) is 3.14. The largest absolute Gasteiger partial charge is 0.153 e. The van der Waals surface area contributed by atoms with Crippen LogP contribution < -0.4 is 0 Å². The van der Waals surface area contributed by atoms with Crippen molar-refractivity contribution >= 4 is 23.1 Å². The van der Waals surface area contributed by atoms with E-state index in [1.165, 1.54) is 36.3 Å². The van der Waals surface area contributed by atoms with Gasteiger partial charge in [-0.05, 0) is 24.3 Å². The number of thiophene rings is 1. The summed E-state index contributed by atoms with van der Waals surface area (Å²) in [4.78, 5) is 1.53. The summed E-state index contributed by atoms with van der Waals surface area (Å²) in [5.41, 5.74) is 0. The number of thioether (sulfide) groups is 1. The van der Waals surface area contributed by atoms with Crippen LogP contribution in [0.4, 0.5) is 0 Å². The molecule has 0 aliphatic heterocycles. The number of rotatable bonds is 3. The molecule has 0 amide bonds. The fourth-order valence-electron chi connectivity index (χ4n) is 1.65. The molecule has 1 aromatic heterocycles. The van der Waals surface area contributed by atoms with Crippen molar-refractivity contribution in [3.63, 3.8) is 0 Å². The maximum absolute atomic E-state index is 2.24. The van der Waals surface area contributed by atoms with Gasteiger partial charge in [0.15, 0.2) is 0 Å². The molecule has 1 aromatic rings. The minimum absolute atomic E-state index is 0.965. The summed E-state index contributed by atoms with van der Waals surface area (Å²) >= 11 is 4.04. The van der Waals surface area contributed by atoms with E-state index in [1.54, 1.807) is 0 Å². The molecule has 0 spiro atoms. The van der Waals surface area contributed by atoms with Crippen molar-refractivity contribution in [3.8, 4) is 0 Å². The average molecular weight is 198 g/mol. The summed E-state index contributed by atoms with van der Waals surface area (Å²) in [6.07, 6.45) is 5.83. The lowest BCUT2D eigenvalue weighted by atomic mass is 10.4. The van der Waals surface area contributed by atoms with E-state index < -0.39 is 0 Å². The van der Waals surface area contributed by atoms with Crippen molar-refractivity contribution in [2.24, 2.45) is 0 Å². The van der Waals surface area contributed by atoms with Crippen LogP contribution in [0.3, 0.4) is 0 Å². The molecule has 0 bridgehead atoms. The van der Waals surface area contributed by atoms with Gasteiger partial charge in [0, 0.05) is 15.9 Å². The first-order valence-electron chi connectivity index (χ1n) is 4.59. The molecule has 2 heteroatoms. The van der Waals surface area contributed by atoms with E-state index >= 15 is 0 Å². The first-order chi connectivity index (χ1) is 5.95. The maximum Gasteiger partial charge on any atom is 0.0281 e. The first-order valence-corrected chi connectivity index (χ1v) is 6.52. The molecule has 1 aliphatic rings. The highest BCUT2D eigenvalue weighted by Gasteiger charge is 2.14. The minimum atomic E-state index is 0.965. The molecule has 12 heavy (non-hydrogen) atoms. The van der Waals surface area contributed by atoms with Crippen LogP contribution in [0.25, 0.3) is 0 Å². The molecular weight excluding hydrogens is 184 g/mol. The Bertz CT molecular complexity index is 210. The van der Waals surface area contributed by atoms with Crippen LogP contribution in [0, 0.1) is 0 Å². The maximum atomic E-state index is 2.24. The Balaban J connectivity index is 1.74. The third kappa shape index (κ3) is 2.27. The first kappa shape index (κ1) is 8.64. The fraction of sp³-hybridized carbons (Fsp3) is 0.600. The molecule has 2 rings (SSSR count). The fourth-order valence-corrected chi connectivity index (χ4v) is 3.78. The Morgan fingerprint density at radius 2 is 2.25 bits per heavy atom. The van der Waals surface area contributed by atoms with Crippen molar-refractivity contribution in [1.29, 1.82) is 0 Å². The Hall–Kier alpha value is 0.0500. The van der Waals surface area contributed by atoms with Gasteiger partial charge in [-0.2, -0.15) is 11.8 Å². The monoisotopic (exact) mass is 198 g/mol. The molecular formula is C10H14S2. The van der Waals surface area contributed by atoms with Gasteiger partial charge in [-0.1, -0.05) is 18.9 Å². The van der Waals surface area contributed by atoms with Crippen molar-refractivity contribution in [2.75, 3.05) is 0 Å². The summed E-state index contributed by atoms with van der Waals surface area (Å²) in [6, 6.07) is 4.39. The van der Waals surface area contributed by atoms with E-state index in [4.69, 9.17) is 0 Å². The normalized spacial score (nSPS) is 18.7. The zero-order valence-electron chi connectivity index (χ0n) is 7.16. The van der Waals surface area contributed by atoms with Crippen molar-refractivity contribution in [3.05, 3.63) is 22.4 Å². The van der Waals surface area contributed by atoms with Crippen molar-refractivity contribution in [1.82, 2.24) is 0 Å². The van der Waals surface area contributed by atoms with Gasteiger partial charge in [0.25, 0.3) is 0 Å². The lowest BCUT2D eigenvalue weighted by Gasteiger charge is -2.06. The van der Waals surface area contributed by atoms with Crippen LogP contribution in [0.15, 0.2) is 17.5 Å². The molecule has 0 saturated heterocycles. The quantitative estimate of drug-likeness (QED) is 0.709. The lowest BCUT2D eigenvalue weighted by Crippen LogP contribution is -1.93.